The molecule has 0 atom stereocenters. The minimum absolute atomic E-state index is 0.375. The summed E-state index contributed by atoms with van der Waals surface area (Å²) >= 11 is 0. The van der Waals surface area contributed by atoms with Gasteiger partial charge in [0.05, 0.1) is 19.2 Å². The lowest BCUT2D eigenvalue weighted by Crippen LogP contribution is -2.24. The summed E-state index contributed by atoms with van der Waals surface area (Å²) in [5.74, 6) is 2.86. The second kappa shape index (κ2) is 5.76. The summed E-state index contributed by atoms with van der Waals surface area (Å²) in [6, 6.07) is 3.28. The number of anilines is 1. The number of esters is 1. The monoisotopic (exact) mass is 218 g/mol. The quantitative estimate of drug-likeness (QED) is 0.565. The molecule has 1 heterocycles. The van der Waals surface area contributed by atoms with Crippen molar-refractivity contribution < 1.29 is 9.53 Å². The third-order valence-corrected chi connectivity index (χ3v) is 2.15. The summed E-state index contributed by atoms with van der Waals surface area (Å²) in [5.41, 5.74) is 0.475. The van der Waals surface area contributed by atoms with Crippen LogP contribution in [0.2, 0.25) is 0 Å². The SMILES string of the molecule is C#CCN(CC)c1cc(C(=O)OC)ccn1. The van der Waals surface area contributed by atoms with E-state index >= 15 is 0 Å². The molecule has 1 aromatic heterocycles. The van der Waals surface area contributed by atoms with Gasteiger partial charge in [-0.05, 0) is 19.1 Å². The Morgan fingerprint density at radius 2 is 2.44 bits per heavy atom. The van der Waals surface area contributed by atoms with Gasteiger partial charge in [0.25, 0.3) is 0 Å². The molecule has 0 unspecified atom stereocenters. The Labute approximate surface area is 95.2 Å². The molecule has 0 bridgehead atoms. The first kappa shape index (κ1) is 12.1. The largest absolute Gasteiger partial charge is 0.465 e. The topological polar surface area (TPSA) is 42.4 Å². The van der Waals surface area contributed by atoms with Gasteiger partial charge in [-0.3, -0.25) is 0 Å². The van der Waals surface area contributed by atoms with E-state index in [9.17, 15) is 4.79 Å². The molecule has 0 aliphatic carbocycles. The Kier molecular flexibility index (Phi) is 4.34. The molecule has 0 spiro atoms. The Hall–Kier alpha value is -2.02. The minimum Gasteiger partial charge on any atom is -0.465 e. The van der Waals surface area contributed by atoms with Crippen molar-refractivity contribution in [3.8, 4) is 12.3 Å². The van der Waals surface area contributed by atoms with Gasteiger partial charge in [0.1, 0.15) is 5.82 Å². The van der Waals surface area contributed by atoms with Crippen molar-refractivity contribution in [1.82, 2.24) is 4.98 Å². The highest BCUT2D eigenvalue weighted by molar-refractivity contribution is 5.90. The number of aromatic nitrogens is 1. The maximum atomic E-state index is 11.3. The lowest BCUT2D eigenvalue weighted by Gasteiger charge is -2.19. The van der Waals surface area contributed by atoms with Crippen LogP contribution in [0.5, 0.6) is 0 Å². The molecule has 0 saturated heterocycles. The molecule has 0 aromatic carbocycles. The molecule has 0 aliphatic heterocycles. The van der Waals surface area contributed by atoms with E-state index in [1.165, 1.54) is 7.11 Å². The first-order chi connectivity index (χ1) is 7.72. The zero-order chi connectivity index (χ0) is 12.0. The van der Waals surface area contributed by atoms with Crippen LogP contribution >= 0.6 is 0 Å². The molecule has 0 N–H and O–H groups in total. The maximum Gasteiger partial charge on any atom is 0.338 e. The van der Waals surface area contributed by atoms with Crippen LogP contribution in [0.3, 0.4) is 0 Å². The van der Waals surface area contributed by atoms with Crippen molar-refractivity contribution in [3.63, 3.8) is 0 Å². The number of carbonyl (C=O) groups is 1. The molecule has 1 aromatic rings. The van der Waals surface area contributed by atoms with E-state index in [4.69, 9.17) is 6.42 Å². The smallest absolute Gasteiger partial charge is 0.338 e. The number of hydrogen-bond acceptors (Lipinski definition) is 4. The fourth-order valence-electron chi connectivity index (χ4n) is 1.30. The molecular formula is C12H14N2O2. The highest BCUT2D eigenvalue weighted by Gasteiger charge is 2.09. The summed E-state index contributed by atoms with van der Waals surface area (Å²) < 4.78 is 4.64. The van der Waals surface area contributed by atoms with Crippen LogP contribution in [0.25, 0.3) is 0 Å². The second-order valence-electron chi connectivity index (χ2n) is 3.11. The van der Waals surface area contributed by atoms with Gasteiger partial charge >= 0.3 is 5.97 Å². The van der Waals surface area contributed by atoms with Gasteiger partial charge in [-0.1, -0.05) is 5.92 Å². The van der Waals surface area contributed by atoms with Crippen LogP contribution in [0.1, 0.15) is 17.3 Å². The molecule has 1 rings (SSSR count). The lowest BCUT2D eigenvalue weighted by molar-refractivity contribution is 0.0600. The van der Waals surface area contributed by atoms with Crippen LogP contribution in [0, 0.1) is 12.3 Å². The van der Waals surface area contributed by atoms with Gasteiger partial charge in [-0.15, -0.1) is 6.42 Å². The number of methoxy groups -OCH3 is 1. The van der Waals surface area contributed by atoms with Crippen molar-refractivity contribution in [2.45, 2.75) is 6.92 Å². The van der Waals surface area contributed by atoms with E-state index in [1.54, 1.807) is 18.3 Å². The predicted molar refractivity (Wildman–Crippen MR) is 62.3 cm³/mol. The van der Waals surface area contributed by atoms with Crippen LogP contribution in [0.4, 0.5) is 5.82 Å². The summed E-state index contributed by atoms with van der Waals surface area (Å²) in [6.45, 7) is 3.18. The molecule has 84 valence electrons. The van der Waals surface area contributed by atoms with Crippen molar-refractivity contribution in [2.75, 3.05) is 25.1 Å². The summed E-state index contributed by atoms with van der Waals surface area (Å²) in [7, 11) is 1.35. The Morgan fingerprint density at radius 3 is 3.00 bits per heavy atom. The maximum absolute atomic E-state index is 11.3. The minimum atomic E-state index is -0.375. The number of carbonyl (C=O) groups excluding carboxylic acids is 1. The Bertz CT molecular complexity index is 410. The van der Waals surface area contributed by atoms with Crippen molar-refractivity contribution >= 4 is 11.8 Å². The first-order valence-corrected chi connectivity index (χ1v) is 4.95. The average Bonchev–Trinajstić information content (AvgIpc) is 2.35. The molecule has 0 saturated carbocycles. The van der Waals surface area contributed by atoms with Gasteiger partial charge in [0.15, 0.2) is 0 Å². The van der Waals surface area contributed by atoms with Gasteiger partial charge in [-0.2, -0.15) is 0 Å². The van der Waals surface area contributed by atoms with Crippen molar-refractivity contribution in [2.24, 2.45) is 0 Å². The van der Waals surface area contributed by atoms with Crippen LogP contribution < -0.4 is 4.90 Å². The predicted octanol–water partition coefficient (Wildman–Crippen LogP) is 1.33. The number of pyridine rings is 1. The van der Waals surface area contributed by atoms with Crippen LogP contribution in [0.15, 0.2) is 18.3 Å². The number of terminal acetylenes is 1. The zero-order valence-corrected chi connectivity index (χ0v) is 9.43. The zero-order valence-electron chi connectivity index (χ0n) is 9.43. The van der Waals surface area contributed by atoms with E-state index in [0.717, 1.165) is 6.54 Å². The number of ether oxygens (including phenoxy) is 1. The molecular weight excluding hydrogens is 204 g/mol. The molecule has 0 aliphatic rings. The number of nitrogens with zero attached hydrogens (tertiary/aromatic N) is 2. The Balaban J connectivity index is 2.97. The van der Waals surface area contributed by atoms with E-state index in [2.05, 4.69) is 15.6 Å². The normalized spacial score (nSPS) is 9.31. The molecule has 16 heavy (non-hydrogen) atoms. The number of hydrogen-bond donors (Lipinski definition) is 0. The van der Waals surface area contributed by atoms with Gasteiger partial charge < -0.3 is 9.64 Å². The lowest BCUT2D eigenvalue weighted by atomic mass is 10.2. The standard InChI is InChI=1S/C12H14N2O2/c1-4-8-14(5-2)11-9-10(6-7-13-11)12(15)16-3/h1,6-7,9H,5,8H2,2-3H3. The summed E-state index contributed by atoms with van der Waals surface area (Å²) in [4.78, 5) is 17.4. The molecule has 0 radical (unpaired) electrons. The fraction of sp³-hybridized carbons (Fsp3) is 0.333. The molecule has 4 heteroatoms. The van der Waals surface area contributed by atoms with E-state index < -0.39 is 0 Å². The van der Waals surface area contributed by atoms with Gasteiger partial charge in [0, 0.05) is 12.7 Å². The highest BCUT2D eigenvalue weighted by atomic mass is 16.5. The molecule has 4 nitrogen and oxygen atoms in total. The van der Waals surface area contributed by atoms with Crippen LogP contribution in [-0.2, 0) is 4.74 Å². The fourth-order valence-corrected chi connectivity index (χ4v) is 1.30. The average molecular weight is 218 g/mol. The van der Waals surface area contributed by atoms with E-state index in [1.807, 2.05) is 11.8 Å². The van der Waals surface area contributed by atoms with E-state index in [0.29, 0.717) is 17.9 Å². The van der Waals surface area contributed by atoms with Gasteiger partial charge in [0.2, 0.25) is 0 Å². The van der Waals surface area contributed by atoms with Crippen molar-refractivity contribution in [1.29, 1.82) is 0 Å². The van der Waals surface area contributed by atoms with Crippen LogP contribution in [-0.4, -0.2) is 31.2 Å². The second-order valence-corrected chi connectivity index (χ2v) is 3.11. The third-order valence-electron chi connectivity index (χ3n) is 2.15. The van der Waals surface area contributed by atoms with E-state index in [-0.39, 0.29) is 5.97 Å². The highest BCUT2D eigenvalue weighted by Crippen LogP contribution is 2.12. The van der Waals surface area contributed by atoms with Crippen molar-refractivity contribution in [3.05, 3.63) is 23.9 Å². The Morgan fingerprint density at radius 1 is 1.69 bits per heavy atom. The third kappa shape index (κ3) is 2.74. The summed E-state index contributed by atoms with van der Waals surface area (Å²) in [5, 5.41) is 0. The first-order valence-electron chi connectivity index (χ1n) is 4.95. The van der Waals surface area contributed by atoms with Gasteiger partial charge in [-0.25, -0.2) is 9.78 Å². The molecule has 0 amide bonds. The summed E-state index contributed by atoms with van der Waals surface area (Å²) in [6.07, 6.45) is 6.83. The number of rotatable bonds is 4. The molecule has 0 fully saturated rings.